The molecule has 0 fully saturated rings. The molecule has 17 heteroatoms. The van der Waals surface area contributed by atoms with Crippen molar-refractivity contribution < 1.29 is 37.0 Å². The van der Waals surface area contributed by atoms with Crippen LogP contribution in [-0.2, 0) is 32.4 Å². The van der Waals surface area contributed by atoms with Crippen LogP contribution in [0.5, 0.6) is 11.6 Å². The molecule has 1 amide bonds. The molecular weight excluding hydrogens is 714 g/mol. The predicted octanol–water partition coefficient (Wildman–Crippen LogP) is 5.51. The zero-order valence-electron chi connectivity index (χ0n) is 27.1. The Kier molecular flexibility index (Phi) is 10.6. The average molecular weight is 742 g/mol. The first-order valence-corrected chi connectivity index (χ1v) is 17.3. The SMILES string of the molecule is CNC(=O)c1ccccc1Nc1nc(Nc2ccc(CC(=O)OCc3cccc(Oc4no[n+]([O-])c4S(=O)(=O)c4ccccc4)c3)cc2)ncc1Cl. The lowest BCUT2D eigenvalue weighted by atomic mass is 10.1. The van der Waals surface area contributed by atoms with Crippen molar-refractivity contribution in [1.29, 1.82) is 0 Å². The van der Waals surface area contributed by atoms with E-state index in [1.807, 2.05) is 0 Å². The molecule has 0 saturated heterocycles. The first-order chi connectivity index (χ1) is 25.1. The van der Waals surface area contributed by atoms with Gasteiger partial charge in [0, 0.05) is 12.7 Å². The van der Waals surface area contributed by atoms with Crippen LogP contribution < -0.4 is 25.6 Å². The summed E-state index contributed by atoms with van der Waals surface area (Å²) in [5, 5.41) is 23.9. The Bertz CT molecular complexity index is 2340. The Morgan fingerprint density at radius 2 is 1.67 bits per heavy atom. The number of amides is 1. The fourth-order valence-electron chi connectivity index (χ4n) is 4.81. The molecule has 0 aliphatic heterocycles. The van der Waals surface area contributed by atoms with Gasteiger partial charge in [-0.3, -0.25) is 14.2 Å². The van der Waals surface area contributed by atoms with E-state index in [9.17, 15) is 23.2 Å². The summed E-state index contributed by atoms with van der Waals surface area (Å²) in [6.45, 7) is -0.108. The minimum Gasteiger partial charge on any atom is -0.461 e. The Morgan fingerprint density at radius 1 is 0.923 bits per heavy atom. The maximum atomic E-state index is 13.1. The smallest absolute Gasteiger partial charge is 0.420 e. The Morgan fingerprint density at radius 3 is 2.44 bits per heavy atom. The van der Waals surface area contributed by atoms with Crippen LogP contribution in [0.3, 0.4) is 0 Å². The molecule has 15 nitrogen and oxygen atoms in total. The summed E-state index contributed by atoms with van der Waals surface area (Å²) in [5.74, 6) is -0.645. The van der Waals surface area contributed by atoms with Gasteiger partial charge in [0.2, 0.25) is 5.95 Å². The largest absolute Gasteiger partial charge is 0.461 e. The molecule has 0 saturated carbocycles. The quantitative estimate of drug-likeness (QED) is 0.0989. The normalized spacial score (nSPS) is 11.0. The second-order valence-electron chi connectivity index (χ2n) is 10.9. The number of rotatable bonds is 13. The first-order valence-electron chi connectivity index (χ1n) is 15.4. The summed E-state index contributed by atoms with van der Waals surface area (Å²) >= 11 is 6.33. The van der Waals surface area contributed by atoms with Crippen LogP contribution in [0.25, 0.3) is 0 Å². The highest BCUT2D eigenvalue weighted by Crippen LogP contribution is 2.30. The molecule has 3 N–H and O–H groups in total. The molecule has 0 bridgehead atoms. The van der Waals surface area contributed by atoms with Crippen LogP contribution in [0.2, 0.25) is 5.02 Å². The number of nitrogens with zero attached hydrogens (tertiary/aromatic N) is 4. The fourth-order valence-corrected chi connectivity index (χ4v) is 6.22. The maximum absolute atomic E-state index is 13.1. The van der Waals surface area contributed by atoms with Gasteiger partial charge in [-0.1, -0.05) is 66.2 Å². The Labute approximate surface area is 301 Å². The van der Waals surface area contributed by atoms with Crippen molar-refractivity contribution in [3.63, 3.8) is 0 Å². The minimum atomic E-state index is -4.30. The zero-order chi connectivity index (χ0) is 36.7. The molecule has 2 heterocycles. The lowest BCUT2D eigenvalue weighted by Crippen LogP contribution is -2.30. The van der Waals surface area contributed by atoms with Crippen LogP contribution in [0.1, 0.15) is 21.5 Å². The standard InChI is InChI=1S/C35H28ClN7O8S/c1-37-32(45)27-12-5-6-13-29(27)40-31-28(36)20-38-35(41-31)39-24-16-14-22(15-17-24)19-30(44)49-21-23-8-7-9-25(18-23)50-33-34(43(46)51-42-33)52(47,48)26-10-3-2-4-11-26/h2-18,20H,19,21H2,1H3,(H,37,45)(H2,38,39,40,41). The van der Waals surface area contributed by atoms with E-state index in [1.54, 1.807) is 73.8 Å². The molecule has 6 rings (SSSR count). The van der Waals surface area contributed by atoms with Gasteiger partial charge in [-0.15, -0.1) is 0 Å². The summed E-state index contributed by atoms with van der Waals surface area (Å²) in [7, 11) is -2.76. The van der Waals surface area contributed by atoms with Crippen molar-refractivity contribution in [2.45, 2.75) is 22.9 Å². The topological polar surface area (TPSA) is 202 Å². The van der Waals surface area contributed by atoms with Crippen molar-refractivity contribution in [3.05, 3.63) is 136 Å². The summed E-state index contributed by atoms with van der Waals surface area (Å²) in [6.07, 6.45) is 1.41. The lowest BCUT2D eigenvalue weighted by Gasteiger charge is -2.13. The number of carbonyl (C=O) groups excluding carboxylic acids is 2. The summed E-state index contributed by atoms with van der Waals surface area (Å²) in [6, 6.07) is 27.5. The molecule has 4 aromatic carbocycles. The van der Waals surface area contributed by atoms with Gasteiger partial charge in [-0.2, -0.15) is 4.98 Å². The number of nitrogens with one attached hydrogen (secondary N) is 3. The molecule has 0 aliphatic rings. The van der Waals surface area contributed by atoms with E-state index in [1.165, 1.54) is 42.6 Å². The third kappa shape index (κ3) is 8.26. The van der Waals surface area contributed by atoms with E-state index in [0.29, 0.717) is 33.9 Å². The van der Waals surface area contributed by atoms with E-state index in [2.05, 4.69) is 35.7 Å². The van der Waals surface area contributed by atoms with Crippen LogP contribution in [0.4, 0.5) is 23.1 Å². The van der Waals surface area contributed by atoms with Crippen LogP contribution >= 0.6 is 11.6 Å². The second kappa shape index (κ2) is 15.6. The Hall–Kier alpha value is -6.52. The van der Waals surface area contributed by atoms with Crippen LogP contribution in [-0.4, -0.2) is 42.5 Å². The lowest BCUT2D eigenvalue weighted by molar-refractivity contribution is -0.832. The second-order valence-corrected chi connectivity index (χ2v) is 13.2. The molecule has 2 aromatic heterocycles. The van der Waals surface area contributed by atoms with Gasteiger partial charge < -0.3 is 30.6 Å². The van der Waals surface area contributed by atoms with Crippen LogP contribution in [0, 0.1) is 5.21 Å². The van der Waals surface area contributed by atoms with Gasteiger partial charge in [-0.25, -0.2) is 13.4 Å². The maximum Gasteiger partial charge on any atom is 0.420 e. The first kappa shape index (κ1) is 35.3. The number of sulfone groups is 1. The molecule has 0 radical (unpaired) electrons. The number of ether oxygens (including phenoxy) is 2. The summed E-state index contributed by atoms with van der Waals surface area (Å²) < 4.78 is 41.7. The van der Waals surface area contributed by atoms with Crippen LogP contribution in [0.15, 0.2) is 124 Å². The van der Waals surface area contributed by atoms with Crippen molar-refractivity contribution in [2.24, 2.45) is 0 Å². The van der Waals surface area contributed by atoms with Gasteiger partial charge in [0.1, 0.15) is 17.4 Å². The van der Waals surface area contributed by atoms with Crippen molar-refractivity contribution in [1.82, 2.24) is 20.4 Å². The Balaban J connectivity index is 1.04. The minimum absolute atomic E-state index is 0.0180. The number of anilines is 4. The van der Waals surface area contributed by atoms with Gasteiger partial charge in [0.15, 0.2) is 5.82 Å². The summed E-state index contributed by atoms with van der Waals surface area (Å²) in [4.78, 5) is 33.2. The molecule has 0 unspecified atom stereocenters. The van der Waals surface area contributed by atoms with E-state index in [-0.39, 0.29) is 45.5 Å². The van der Waals surface area contributed by atoms with E-state index in [0.717, 1.165) is 0 Å². The third-order valence-electron chi connectivity index (χ3n) is 7.32. The molecule has 6 aromatic rings. The molecule has 0 spiro atoms. The van der Waals surface area contributed by atoms with Gasteiger partial charge in [-0.05, 0) is 64.6 Å². The molecule has 52 heavy (non-hydrogen) atoms. The molecular formula is C35H28ClN7O8S. The van der Waals surface area contributed by atoms with Crippen molar-refractivity contribution >= 4 is 56.5 Å². The number of aromatic nitrogens is 4. The van der Waals surface area contributed by atoms with Gasteiger partial charge in [0.05, 0.1) is 33.9 Å². The average Bonchev–Trinajstić information content (AvgIpc) is 3.53. The fraction of sp³-hybridized carbons (Fsp3) is 0.0857. The molecule has 0 atom stereocenters. The number of carbonyl (C=O) groups is 2. The third-order valence-corrected chi connectivity index (χ3v) is 9.32. The van der Waals surface area contributed by atoms with E-state index >= 15 is 0 Å². The number of para-hydroxylation sites is 1. The predicted molar refractivity (Wildman–Crippen MR) is 187 cm³/mol. The van der Waals surface area contributed by atoms with Gasteiger partial charge in [0.25, 0.3) is 15.7 Å². The van der Waals surface area contributed by atoms with Crippen molar-refractivity contribution in [3.8, 4) is 11.6 Å². The number of benzene rings is 4. The highest BCUT2D eigenvalue weighted by molar-refractivity contribution is 7.91. The number of hydrogen-bond acceptors (Lipinski definition) is 13. The van der Waals surface area contributed by atoms with E-state index in [4.69, 9.17) is 21.1 Å². The molecule has 0 aliphatic carbocycles. The highest BCUT2D eigenvalue weighted by atomic mass is 35.5. The number of esters is 1. The number of halogens is 1. The van der Waals surface area contributed by atoms with Gasteiger partial charge >= 0.3 is 16.9 Å². The highest BCUT2D eigenvalue weighted by Gasteiger charge is 2.36. The molecule has 264 valence electrons. The zero-order valence-corrected chi connectivity index (χ0v) is 28.7. The summed E-state index contributed by atoms with van der Waals surface area (Å²) in [5.41, 5.74) is 2.79. The monoisotopic (exact) mass is 741 g/mol. The van der Waals surface area contributed by atoms with E-state index < -0.39 is 26.7 Å². The van der Waals surface area contributed by atoms with Crippen molar-refractivity contribution in [2.75, 3.05) is 17.7 Å². The number of hydrogen-bond donors (Lipinski definition) is 3.